The minimum atomic E-state index is -0.256. The number of carbonyl (C=O) groups is 1. The van der Waals surface area contributed by atoms with Gasteiger partial charge in [-0.2, -0.15) is 5.10 Å². The highest BCUT2D eigenvalue weighted by Crippen LogP contribution is 2.44. The Balaban J connectivity index is 2.11. The van der Waals surface area contributed by atoms with E-state index in [4.69, 9.17) is 0 Å². The van der Waals surface area contributed by atoms with Gasteiger partial charge < -0.3 is 5.32 Å². The highest BCUT2D eigenvalue weighted by Gasteiger charge is 2.29. The van der Waals surface area contributed by atoms with Gasteiger partial charge >= 0.3 is 0 Å². The smallest absolute Gasteiger partial charge is 0.222 e. The van der Waals surface area contributed by atoms with Gasteiger partial charge in [-0.15, -0.1) is 0 Å². The topological polar surface area (TPSA) is 46.9 Å². The Hall–Kier alpha value is -2.17. The van der Waals surface area contributed by atoms with E-state index >= 15 is 0 Å². The first kappa shape index (κ1) is 13.8. The molecule has 21 heavy (non-hydrogen) atoms. The fraction of sp³-hybridized carbons (Fsp3) is 0.375. The molecule has 0 spiro atoms. The van der Waals surface area contributed by atoms with Crippen molar-refractivity contribution < 1.29 is 9.18 Å². The molecule has 4 nitrogen and oxygen atoms in total. The Morgan fingerprint density at radius 2 is 2.00 bits per heavy atom. The van der Waals surface area contributed by atoms with Crippen LogP contribution in [-0.4, -0.2) is 15.7 Å². The van der Waals surface area contributed by atoms with Crippen molar-refractivity contribution in [3.05, 3.63) is 35.6 Å². The zero-order valence-electron chi connectivity index (χ0n) is 12.2. The summed E-state index contributed by atoms with van der Waals surface area (Å²) in [6, 6.07) is 6.41. The molecule has 1 aliphatic rings. The second kappa shape index (κ2) is 5.31. The number of nitrogens with one attached hydrogen (secondary N) is 1. The van der Waals surface area contributed by atoms with Gasteiger partial charge in [0.05, 0.1) is 5.69 Å². The van der Waals surface area contributed by atoms with Crippen molar-refractivity contribution in [3.8, 4) is 11.3 Å². The van der Waals surface area contributed by atoms with Gasteiger partial charge in [-0.1, -0.05) is 6.42 Å². The van der Waals surface area contributed by atoms with Gasteiger partial charge in [0.25, 0.3) is 0 Å². The largest absolute Gasteiger partial charge is 0.309 e. The first-order valence-electron chi connectivity index (χ1n) is 7.16. The van der Waals surface area contributed by atoms with Crippen molar-refractivity contribution in [2.45, 2.75) is 32.1 Å². The Morgan fingerprint density at radius 1 is 1.33 bits per heavy atom. The van der Waals surface area contributed by atoms with E-state index in [0.717, 1.165) is 29.7 Å². The number of carbonyl (C=O) groups excluding carboxylic acids is 1. The Morgan fingerprint density at radius 3 is 2.52 bits per heavy atom. The summed E-state index contributed by atoms with van der Waals surface area (Å²) in [5.41, 5.74) is 2.96. The van der Waals surface area contributed by atoms with Crippen molar-refractivity contribution >= 4 is 11.7 Å². The molecule has 1 saturated carbocycles. The molecule has 5 heteroatoms. The first-order chi connectivity index (χ1) is 10.1. The van der Waals surface area contributed by atoms with Crippen LogP contribution < -0.4 is 5.32 Å². The lowest BCUT2D eigenvalue weighted by Crippen LogP contribution is -2.14. The predicted octanol–water partition coefficient (Wildman–Crippen LogP) is 3.45. The summed E-state index contributed by atoms with van der Waals surface area (Å²) in [7, 11) is 1.85. The fourth-order valence-corrected chi connectivity index (χ4v) is 2.83. The summed E-state index contributed by atoms with van der Waals surface area (Å²) in [5.74, 6) is 0.669. The molecule has 0 atom stereocenters. The maximum atomic E-state index is 13.1. The lowest BCUT2D eigenvalue weighted by Gasteiger charge is -2.26. The zero-order chi connectivity index (χ0) is 15.0. The summed E-state index contributed by atoms with van der Waals surface area (Å²) in [6.07, 6.45) is 3.40. The normalized spacial score (nSPS) is 14.8. The molecule has 0 bridgehead atoms. The lowest BCUT2D eigenvalue weighted by atomic mass is 9.79. The van der Waals surface area contributed by atoms with E-state index in [1.54, 1.807) is 16.8 Å². The Labute approximate surface area is 123 Å². The van der Waals surface area contributed by atoms with Crippen LogP contribution in [-0.2, 0) is 11.8 Å². The van der Waals surface area contributed by atoms with E-state index in [1.807, 2.05) is 7.05 Å². The number of rotatable bonds is 3. The molecule has 2 aromatic rings. The maximum Gasteiger partial charge on any atom is 0.222 e. The zero-order valence-corrected chi connectivity index (χ0v) is 12.2. The van der Waals surface area contributed by atoms with E-state index < -0.39 is 0 Å². The molecule has 1 N–H and O–H groups in total. The summed E-state index contributed by atoms with van der Waals surface area (Å²) < 4.78 is 14.9. The second-order valence-corrected chi connectivity index (χ2v) is 5.55. The van der Waals surface area contributed by atoms with E-state index in [2.05, 4.69) is 10.4 Å². The molecule has 1 aromatic carbocycles. The van der Waals surface area contributed by atoms with Crippen LogP contribution in [0.1, 0.15) is 37.7 Å². The molecule has 1 amide bonds. The van der Waals surface area contributed by atoms with Crippen LogP contribution in [0.15, 0.2) is 24.3 Å². The molecule has 1 heterocycles. The summed E-state index contributed by atoms with van der Waals surface area (Å²) in [5, 5.41) is 7.26. The number of benzene rings is 1. The molecule has 1 aliphatic carbocycles. The van der Waals surface area contributed by atoms with Crippen molar-refractivity contribution in [1.29, 1.82) is 0 Å². The number of anilines is 1. The monoisotopic (exact) mass is 287 g/mol. The molecular weight excluding hydrogens is 269 g/mol. The number of amides is 1. The number of aryl methyl sites for hydroxylation is 1. The molecule has 0 saturated heterocycles. The number of hydrogen-bond donors (Lipinski definition) is 1. The maximum absolute atomic E-state index is 13.1. The van der Waals surface area contributed by atoms with Crippen LogP contribution >= 0.6 is 0 Å². The van der Waals surface area contributed by atoms with Gasteiger partial charge in [-0.3, -0.25) is 9.48 Å². The number of halogens is 1. The number of nitrogens with zero attached hydrogens (tertiary/aromatic N) is 2. The number of aromatic nitrogens is 2. The highest BCUT2D eigenvalue weighted by molar-refractivity contribution is 5.90. The molecule has 1 aromatic heterocycles. The summed E-state index contributed by atoms with van der Waals surface area (Å²) in [6.45, 7) is 1.48. The summed E-state index contributed by atoms with van der Waals surface area (Å²) >= 11 is 0. The van der Waals surface area contributed by atoms with Crippen molar-refractivity contribution in [1.82, 2.24) is 9.78 Å². The molecule has 1 fully saturated rings. The highest BCUT2D eigenvalue weighted by atomic mass is 19.1. The Bertz CT molecular complexity index is 672. The van der Waals surface area contributed by atoms with E-state index in [9.17, 15) is 9.18 Å². The first-order valence-corrected chi connectivity index (χ1v) is 7.16. The number of hydrogen-bond acceptors (Lipinski definition) is 2. The van der Waals surface area contributed by atoms with Gasteiger partial charge in [0.1, 0.15) is 5.82 Å². The van der Waals surface area contributed by atoms with Crippen molar-refractivity contribution in [2.24, 2.45) is 7.05 Å². The van der Waals surface area contributed by atoms with E-state index in [-0.39, 0.29) is 11.7 Å². The third-order valence-corrected chi connectivity index (χ3v) is 4.01. The van der Waals surface area contributed by atoms with Gasteiger partial charge in [0, 0.05) is 25.1 Å². The van der Waals surface area contributed by atoms with E-state index in [1.165, 1.54) is 25.5 Å². The molecule has 0 radical (unpaired) electrons. The SMILES string of the molecule is CC(=O)Nc1nn(C)c(-c2ccc(F)cc2)c1C1CCC1. The van der Waals surface area contributed by atoms with Crippen LogP contribution in [0.2, 0.25) is 0 Å². The van der Waals surface area contributed by atoms with Crippen LogP contribution in [0.5, 0.6) is 0 Å². The standard InChI is InChI=1S/C16H18FN3O/c1-10(21)18-16-14(11-4-3-5-11)15(20(2)19-16)12-6-8-13(17)9-7-12/h6-9,11H,3-5H2,1-2H3,(H,18,19,21). The lowest BCUT2D eigenvalue weighted by molar-refractivity contribution is -0.114. The van der Waals surface area contributed by atoms with Crippen LogP contribution in [0, 0.1) is 5.82 Å². The average Bonchev–Trinajstić information content (AvgIpc) is 2.65. The summed E-state index contributed by atoms with van der Waals surface area (Å²) in [4.78, 5) is 11.4. The van der Waals surface area contributed by atoms with Crippen molar-refractivity contribution in [2.75, 3.05) is 5.32 Å². The molecule has 0 aliphatic heterocycles. The third-order valence-electron chi connectivity index (χ3n) is 4.01. The minimum absolute atomic E-state index is 0.126. The van der Waals surface area contributed by atoms with E-state index in [0.29, 0.717) is 11.7 Å². The second-order valence-electron chi connectivity index (χ2n) is 5.55. The molecule has 0 unspecified atom stereocenters. The van der Waals surface area contributed by atoms with Crippen LogP contribution in [0.4, 0.5) is 10.2 Å². The van der Waals surface area contributed by atoms with Crippen LogP contribution in [0.25, 0.3) is 11.3 Å². The fourth-order valence-electron chi connectivity index (χ4n) is 2.83. The Kier molecular flexibility index (Phi) is 3.49. The van der Waals surface area contributed by atoms with Gasteiger partial charge in [0.15, 0.2) is 5.82 Å². The molecule has 110 valence electrons. The minimum Gasteiger partial charge on any atom is -0.309 e. The average molecular weight is 287 g/mol. The van der Waals surface area contributed by atoms with Crippen LogP contribution in [0.3, 0.4) is 0 Å². The molecular formula is C16H18FN3O. The van der Waals surface area contributed by atoms with Crippen molar-refractivity contribution in [3.63, 3.8) is 0 Å². The van der Waals surface area contributed by atoms with Gasteiger partial charge in [-0.05, 0) is 43.0 Å². The molecule has 3 rings (SSSR count). The van der Waals surface area contributed by atoms with Gasteiger partial charge in [0.2, 0.25) is 5.91 Å². The quantitative estimate of drug-likeness (QED) is 0.939. The third kappa shape index (κ3) is 2.55. The predicted molar refractivity (Wildman–Crippen MR) is 79.5 cm³/mol. The van der Waals surface area contributed by atoms with Gasteiger partial charge in [-0.25, -0.2) is 4.39 Å².